The van der Waals surface area contributed by atoms with E-state index in [4.69, 9.17) is 9.90 Å². The summed E-state index contributed by atoms with van der Waals surface area (Å²) in [6.45, 7) is -0.250. The van der Waals surface area contributed by atoms with E-state index in [0.29, 0.717) is 0 Å². The largest absolute Gasteiger partial charge is 0.483 e. The predicted octanol–water partition coefficient (Wildman–Crippen LogP) is 3.94. The molecule has 1 N–H and O–H groups in total. The third-order valence-corrected chi connectivity index (χ3v) is 3.41. The SMILES string of the molecule is BrCc1ccc(CBr)c(Br)c1.O=CO. The van der Waals surface area contributed by atoms with Gasteiger partial charge < -0.3 is 5.11 Å². The van der Waals surface area contributed by atoms with E-state index in [-0.39, 0.29) is 6.47 Å². The molecule has 0 aromatic heterocycles. The van der Waals surface area contributed by atoms with Crippen LogP contribution in [0, 0.1) is 0 Å². The second-order valence-electron chi connectivity index (χ2n) is 2.30. The Morgan fingerprint density at radius 2 is 1.86 bits per heavy atom. The summed E-state index contributed by atoms with van der Waals surface area (Å²) >= 11 is 10.3. The number of hydrogen-bond donors (Lipinski definition) is 1. The number of carbonyl (C=O) groups is 1. The Balaban J connectivity index is 0.000000500. The zero-order valence-corrected chi connectivity index (χ0v) is 12.0. The lowest BCUT2D eigenvalue weighted by Gasteiger charge is -2.01. The minimum atomic E-state index is -0.250. The van der Waals surface area contributed by atoms with Crippen LogP contribution in [-0.4, -0.2) is 11.6 Å². The lowest BCUT2D eigenvalue weighted by molar-refractivity contribution is -0.122. The van der Waals surface area contributed by atoms with Crippen LogP contribution in [-0.2, 0) is 15.5 Å². The minimum Gasteiger partial charge on any atom is -0.483 e. The zero-order chi connectivity index (χ0) is 11.0. The molecule has 0 atom stereocenters. The molecule has 78 valence electrons. The molecule has 1 aromatic carbocycles. The van der Waals surface area contributed by atoms with Crippen molar-refractivity contribution in [1.29, 1.82) is 0 Å². The maximum absolute atomic E-state index is 8.36. The molecule has 0 spiro atoms. The van der Waals surface area contributed by atoms with Crippen LogP contribution in [0.1, 0.15) is 11.1 Å². The first-order chi connectivity index (χ1) is 6.69. The highest BCUT2D eigenvalue weighted by atomic mass is 79.9. The molecule has 1 aromatic rings. The molecule has 5 heteroatoms. The number of hydrogen-bond acceptors (Lipinski definition) is 1. The van der Waals surface area contributed by atoms with Crippen molar-refractivity contribution in [3.05, 3.63) is 33.8 Å². The molecule has 0 fully saturated rings. The Morgan fingerprint density at radius 1 is 1.29 bits per heavy atom. The first-order valence-electron chi connectivity index (χ1n) is 3.66. The third-order valence-electron chi connectivity index (χ3n) is 1.42. The summed E-state index contributed by atoms with van der Waals surface area (Å²) in [7, 11) is 0. The summed E-state index contributed by atoms with van der Waals surface area (Å²) in [6, 6.07) is 6.37. The van der Waals surface area contributed by atoms with Crippen molar-refractivity contribution in [2.45, 2.75) is 10.7 Å². The van der Waals surface area contributed by atoms with Crippen molar-refractivity contribution >= 4 is 54.3 Å². The van der Waals surface area contributed by atoms with Crippen LogP contribution in [0.4, 0.5) is 0 Å². The van der Waals surface area contributed by atoms with Gasteiger partial charge in [0.1, 0.15) is 0 Å². The van der Waals surface area contributed by atoms with Gasteiger partial charge >= 0.3 is 0 Å². The summed E-state index contributed by atoms with van der Waals surface area (Å²) in [6.07, 6.45) is 0. The van der Waals surface area contributed by atoms with Crippen LogP contribution in [0.3, 0.4) is 0 Å². The standard InChI is InChI=1S/C8H7Br3.CH2O2/c9-4-6-1-2-7(5-10)8(11)3-6;2-1-3/h1-3H,4-5H2;1H,(H,2,3). The van der Waals surface area contributed by atoms with Crippen LogP contribution >= 0.6 is 47.8 Å². The Labute approximate surface area is 108 Å². The van der Waals surface area contributed by atoms with E-state index < -0.39 is 0 Å². The number of halogens is 3. The maximum atomic E-state index is 8.36. The summed E-state index contributed by atoms with van der Waals surface area (Å²) in [5.74, 6) is 0. The summed E-state index contributed by atoms with van der Waals surface area (Å²) < 4.78 is 1.17. The molecule has 0 aliphatic carbocycles. The van der Waals surface area contributed by atoms with E-state index in [1.165, 1.54) is 15.6 Å². The maximum Gasteiger partial charge on any atom is 0.290 e. The number of benzene rings is 1. The van der Waals surface area contributed by atoms with Crippen LogP contribution in [0.5, 0.6) is 0 Å². The minimum absolute atomic E-state index is 0.250. The Morgan fingerprint density at radius 3 is 2.21 bits per heavy atom. The quantitative estimate of drug-likeness (QED) is 0.615. The predicted molar refractivity (Wildman–Crippen MR) is 68.1 cm³/mol. The van der Waals surface area contributed by atoms with Crippen molar-refractivity contribution in [2.24, 2.45) is 0 Å². The average Bonchev–Trinajstić information content (AvgIpc) is 2.19. The molecule has 2 nitrogen and oxygen atoms in total. The number of alkyl halides is 2. The van der Waals surface area contributed by atoms with Gasteiger partial charge in [-0.05, 0) is 17.2 Å². The van der Waals surface area contributed by atoms with Crippen LogP contribution in [0.2, 0.25) is 0 Å². The molecular formula is C9H9Br3O2. The van der Waals surface area contributed by atoms with Gasteiger partial charge in [-0.2, -0.15) is 0 Å². The van der Waals surface area contributed by atoms with Gasteiger partial charge in [0.15, 0.2) is 0 Å². The van der Waals surface area contributed by atoms with Crippen molar-refractivity contribution in [3.8, 4) is 0 Å². The zero-order valence-electron chi connectivity index (χ0n) is 7.21. The molecule has 0 amide bonds. The second-order valence-corrected chi connectivity index (χ2v) is 4.27. The second kappa shape index (κ2) is 8.44. The van der Waals surface area contributed by atoms with E-state index in [2.05, 4.69) is 66.0 Å². The van der Waals surface area contributed by atoms with Crippen molar-refractivity contribution in [2.75, 3.05) is 0 Å². The van der Waals surface area contributed by atoms with Gasteiger partial charge in [-0.15, -0.1) is 0 Å². The highest BCUT2D eigenvalue weighted by Gasteiger charge is 1.98. The van der Waals surface area contributed by atoms with Gasteiger partial charge in [0.05, 0.1) is 0 Å². The topological polar surface area (TPSA) is 37.3 Å². The van der Waals surface area contributed by atoms with Gasteiger partial charge in [0.25, 0.3) is 6.47 Å². The lowest BCUT2D eigenvalue weighted by atomic mass is 10.2. The molecule has 0 bridgehead atoms. The van der Waals surface area contributed by atoms with Gasteiger partial charge in [-0.1, -0.05) is 59.9 Å². The molecule has 1 rings (SSSR count). The molecule has 14 heavy (non-hydrogen) atoms. The normalized spacial score (nSPS) is 8.79. The van der Waals surface area contributed by atoms with E-state index in [0.717, 1.165) is 10.7 Å². The molecule has 0 aliphatic rings. The Bertz CT molecular complexity index is 289. The highest BCUT2D eigenvalue weighted by molar-refractivity contribution is 9.10. The van der Waals surface area contributed by atoms with E-state index in [9.17, 15) is 0 Å². The van der Waals surface area contributed by atoms with Crippen LogP contribution in [0.25, 0.3) is 0 Å². The Hall–Kier alpha value is 0.130. The van der Waals surface area contributed by atoms with Crippen LogP contribution < -0.4 is 0 Å². The number of rotatable bonds is 2. The molecule has 0 aliphatic heterocycles. The van der Waals surface area contributed by atoms with Crippen LogP contribution in [0.15, 0.2) is 22.7 Å². The fourth-order valence-corrected chi connectivity index (χ4v) is 2.56. The Kier molecular flexibility index (Phi) is 8.52. The highest BCUT2D eigenvalue weighted by Crippen LogP contribution is 2.21. The molecule has 0 unspecified atom stereocenters. The van der Waals surface area contributed by atoms with Gasteiger partial charge in [-0.3, -0.25) is 4.79 Å². The average molecular weight is 389 g/mol. The number of carboxylic acid groups (broad SMARTS) is 1. The molecule has 0 radical (unpaired) electrons. The molecule has 0 heterocycles. The smallest absolute Gasteiger partial charge is 0.290 e. The summed E-state index contributed by atoms with van der Waals surface area (Å²) in [4.78, 5) is 8.36. The van der Waals surface area contributed by atoms with Gasteiger partial charge in [0, 0.05) is 15.1 Å². The first kappa shape index (κ1) is 14.1. The van der Waals surface area contributed by atoms with E-state index in [1.54, 1.807) is 0 Å². The van der Waals surface area contributed by atoms with Gasteiger partial charge in [-0.25, -0.2) is 0 Å². The molecule has 0 saturated carbocycles. The lowest BCUT2D eigenvalue weighted by Crippen LogP contribution is -1.82. The van der Waals surface area contributed by atoms with E-state index >= 15 is 0 Å². The fraction of sp³-hybridized carbons (Fsp3) is 0.222. The van der Waals surface area contributed by atoms with Crippen molar-refractivity contribution in [1.82, 2.24) is 0 Å². The van der Waals surface area contributed by atoms with Gasteiger partial charge in [0.2, 0.25) is 0 Å². The van der Waals surface area contributed by atoms with E-state index in [1.807, 2.05) is 0 Å². The molecule has 0 saturated heterocycles. The van der Waals surface area contributed by atoms with Crippen molar-refractivity contribution < 1.29 is 9.90 Å². The molecular weight excluding hydrogens is 380 g/mol. The summed E-state index contributed by atoms with van der Waals surface area (Å²) in [5.41, 5.74) is 2.58. The third kappa shape index (κ3) is 5.12. The van der Waals surface area contributed by atoms with Crippen molar-refractivity contribution in [3.63, 3.8) is 0 Å². The monoisotopic (exact) mass is 386 g/mol. The fourth-order valence-electron chi connectivity index (χ4n) is 0.782. The summed E-state index contributed by atoms with van der Waals surface area (Å²) in [5, 5.41) is 8.70. The first-order valence-corrected chi connectivity index (χ1v) is 6.70.